The number of carbonyl (C=O) groups excluding carboxylic acids is 1. The summed E-state index contributed by atoms with van der Waals surface area (Å²) in [6.07, 6.45) is 4.55. The highest BCUT2D eigenvalue weighted by Crippen LogP contribution is 2.50. The van der Waals surface area contributed by atoms with Crippen molar-refractivity contribution in [1.82, 2.24) is 14.7 Å². The Labute approximate surface area is 141 Å². The summed E-state index contributed by atoms with van der Waals surface area (Å²) < 4.78 is 12.8. The monoisotopic (exact) mass is 329 g/mol. The SMILES string of the molecule is COc1c([C@@H]2CCCN2C(=O)[C@@H]2C[C@@H]2c2ccco2)c(C)nn1C. The van der Waals surface area contributed by atoms with Crippen molar-refractivity contribution < 1.29 is 13.9 Å². The lowest BCUT2D eigenvalue weighted by Gasteiger charge is -2.25. The van der Waals surface area contributed by atoms with Gasteiger partial charge in [-0.2, -0.15) is 5.10 Å². The fraction of sp³-hybridized carbons (Fsp3) is 0.556. The van der Waals surface area contributed by atoms with Crippen LogP contribution in [-0.4, -0.2) is 34.2 Å². The smallest absolute Gasteiger partial charge is 0.226 e. The minimum Gasteiger partial charge on any atom is -0.481 e. The van der Waals surface area contributed by atoms with Gasteiger partial charge in [0.2, 0.25) is 11.8 Å². The highest BCUT2D eigenvalue weighted by Gasteiger charge is 2.49. The molecule has 0 spiro atoms. The Hall–Kier alpha value is -2.24. The minimum atomic E-state index is 0.0553. The molecule has 3 heterocycles. The molecule has 6 nitrogen and oxygen atoms in total. The zero-order valence-electron chi connectivity index (χ0n) is 14.4. The molecule has 1 saturated carbocycles. The first-order chi connectivity index (χ1) is 11.6. The fourth-order valence-corrected chi connectivity index (χ4v) is 4.11. The second kappa shape index (κ2) is 5.69. The number of hydrogen-bond acceptors (Lipinski definition) is 4. The third-order valence-corrected chi connectivity index (χ3v) is 5.29. The van der Waals surface area contributed by atoms with Crippen LogP contribution in [0, 0.1) is 12.8 Å². The predicted octanol–water partition coefficient (Wildman–Crippen LogP) is 2.80. The van der Waals surface area contributed by atoms with Gasteiger partial charge in [-0.15, -0.1) is 0 Å². The molecule has 24 heavy (non-hydrogen) atoms. The van der Waals surface area contributed by atoms with Crippen LogP contribution in [0.5, 0.6) is 5.88 Å². The summed E-state index contributed by atoms with van der Waals surface area (Å²) in [5.74, 6) is 2.23. The third kappa shape index (κ3) is 2.32. The van der Waals surface area contributed by atoms with Gasteiger partial charge in [-0.3, -0.25) is 4.79 Å². The van der Waals surface area contributed by atoms with E-state index in [4.69, 9.17) is 9.15 Å². The standard InChI is InChI=1S/C18H23N3O3/c1-11-16(18(23-3)20(2)19-11)14-6-4-8-21(14)17(22)13-10-12(13)15-7-5-9-24-15/h5,7,9,12-14H,4,6,8,10H2,1-3H3/t12-,13+,14-/m0/s1. The molecule has 1 aliphatic heterocycles. The van der Waals surface area contributed by atoms with Gasteiger partial charge in [-0.25, -0.2) is 4.68 Å². The van der Waals surface area contributed by atoms with E-state index in [1.165, 1.54) is 0 Å². The molecule has 4 rings (SSSR count). The number of aryl methyl sites for hydroxylation is 2. The molecular weight excluding hydrogens is 306 g/mol. The van der Waals surface area contributed by atoms with Gasteiger partial charge in [-0.05, 0) is 38.3 Å². The molecule has 0 unspecified atom stereocenters. The van der Waals surface area contributed by atoms with E-state index >= 15 is 0 Å². The molecule has 0 N–H and O–H groups in total. The van der Waals surface area contributed by atoms with Gasteiger partial charge < -0.3 is 14.1 Å². The molecule has 0 radical (unpaired) electrons. The average Bonchev–Trinajstić information content (AvgIpc) is 2.95. The number of likely N-dealkylation sites (tertiary alicyclic amines) is 1. The van der Waals surface area contributed by atoms with E-state index < -0.39 is 0 Å². The van der Waals surface area contributed by atoms with Gasteiger partial charge in [0.25, 0.3) is 0 Å². The minimum absolute atomic E-state index is 0.0553. The van der Waals surface area contributed by atoms with Crippen molar-refractivity contribution >= 4 is 5.91 Å². The fourth-order valence-electron chi connectivity index (χ4n) is 4.11. The van der Waals surface area contributed by atoms with E-state index in [2.05, 4.69) is 5.10 Å². The summed E-state index contributed by atoms with van der Waals surface area (Å²) in [6.45, 7) is 2.80. The first kappa shape index (κ1) is 15.3. The maximum atomic E-state index is 13.0. The zero-order chi connectivity index (χ0) is 16.8. The van der Waals surface area contributed by atoms with Crippen LogP contribution < -0.4 is 4.74 Å². The Morgan fingerprint density at radius 2 is 2.29 bits per heavy atom. The summed E-state index contributed by atoms with van der Waals surface area (Å²) in [5, 5.41) is 4.47. The topological polar surface area (TPSA) is 60.5 Å². The maximum Gasteiger partial charge on any atom is 0.226 e. The molecule has 1 saturated heterocycles. The van der Waals surface area contributed by atoms with Gasteiger partial charge in [0.1, 0.15) is 5.76 Å². The Kier molecular flexibility index (Phi) is 3.62. The van der Waals surface area contributed by atoms with E-state index in [1.807, 2.05) is 31.0 Å². The Morgan fingerprint density at radius 1 is 1.46 bits per heavy atom. The normalized spacial score (nSPS) is 26.0. The molecule has 128 valence electrons. The summed E-state index contributed by atoms with van der Waals surface area (Å²) in [6, 6.07) is 3.92. The van der Waals surface area contributed by atoms with Crippen molar-refractivity contribution in [3.63, 3.8) is 0 Å². The van der Waals surface area contributed by atoms with Crippen LogP contribution in [0.4, 0.5) is 0 Å². The van der Waals surface area contributed by atoms with E-state index in [1.54, 1.807) is 18.1 Å². The number of nitrogens with zero attached hydrogens (tertiary/aromatic N) is 3. The lowest BCUT2D eigenvalue weighted by atomic mass is 10.0. The van der Waals surface area contributed by atoms with Crippen LogP contribution in [0.25, 0.3) is 0 Å². The highest BCUT2D eigenvalue weighted by atomic mass is 16.5. The van der Waals surface area contributed by atoms with E-state index in [9.17, 15) is 4.79 Å². The highest BCUT2D eigenvalue weighted by molar-refractivity contribution is 5.83. The molecule has 2 aromatic heterocycles. The Balaban J connectivity index is 1.57. The summed E-state index contributed by atoms with van der Waals surface area (Å²) in [7, 11) is 3.54. The van der Waals surface area contributed by atoms with Crippen molar-refractivity contribution in [3.05, 3.63) is 35.4 Å². The first-order valence-electron chi connectivity index (χ1n) is 8.53. The number of amides is 1. The number of carbonyl (C=O) groups is 1. The average molecular weight is 329 g/mol. The summed E-state index contributed by atoms with van der Waals surface area (Å²) in [4.78, 5) is 15.1. The lowest BCUT2D eigenvalue weighted by Crippen LogP contribution is -2.32. The van der Waals surface area contributed by atoms with Crippen LogP contribution in [-0.2, 0) is 11.8 Å². The van der Waals surface area contributed by atoms with Crippen molar-refractivity contribution in [2.75, 3.05) is 13.7 Å². The third-order valence-electron chi connectivity index (χ3n) is 5.29. The van der Waals surface area contributed by atoms with Gasteiger partial charge in [0, 0.05) is 25.4 Å². The van der Waals surface area contributed by atoms with Crippen molar-refractivity contribution in [2.45, 2.75) is 38.1 Å². The molecule has 1 aliphatic carbocycles. The molecule has 2 aromatic rings. The van der Waals surface area contributed by atoms with Gasteiger partial charge >= 0.3 is 0 Å². The van der Waals surface area contributed by atoms with E-state index in [0.717, 1.165) is 48.7 Å². The quantitative estimate of drug-likeness (QED) is 0.865. The second-order valence-corrected chi connectivity index (χ2v) is 6.79. The van der Waals surface area contributed by atoms with Crippen molar-refractivity contribution in [3.8, 4) is 5.88 Å². The molecule has 2 aliphatic rings. The van der Waals surface area contributed by atoms with E-state index in [0.29, 0.717) is 0 Å². The first-order valence-corrected chi connectivity index (χ1v) is 8.53. The van der Waals surface area contributed by atoms with Crippen LogP contribution >= 0.6 is 0 Å². The van der Waals surface area contributed by atoms with Crippen LogP contribution in [0.1, 0.15) is 48.2 Å². The van der Waals surface area contributed by atoms with E-state index in [-0.39, 0.29) is 23.8 Å². The number of aromatic nitrogens is 2. The van der Waals surface area contributed by atoms with Crippen LogP contribution in [0.2, 0.25) is 0 Å². The van der Waals surface area contributed by atoms with Crippen LogP contribution in [0.15, 0.2) is 22.8 Å². The number of methoxy groups -OCH3 is 1. The molecule has 6 heteroatoms. The zero-order valence-corrected chi connectivity index (χ0v) is 14.4. The molecule has 2 fully saturated rings. The summed E-state index contributed by atoms with van der Waals surface area (Å²) in [5.41, 5.74) is 2.00. The number of hydrogen-bond donors (Lipinski definition) is 0. The largest absolute Gasteiger partial charge is 0.481 e. The predicted molar refractivity (Wildman–Crippen MR) is 87.7 cm³/mol. The number of rotatable bonds is 4. The van der Waals surface area contributed by atoms with Gasteiger partial charge in [-0.1, -0.05) is 0 Å². The summed E-state index contributed by atoms with van der Waals surface area (Å²) >= 11 is 0. The molecule has 0 aromatic carbocycles. The Morgan fingerprint density at radius 3 is 3.00 bits per heavy atom. The molecule has 1 amide bonds. The Bertz CT molecular complexity index is 750. The van der Waals surface area contributed by atoms with Gasteiger partial charge in [0.15, 0.2) is 0 Å². The van der Waals surface area contributed by atoms with Crippen LogP contribution in [0.3, 0.4) is 0 Å². The van der Waals surface area contributed by atoms with Crippen molar-refractivity contribution in [2.24, 2.45) is 13.0 Å². The molecule has 0 bridgehead atoms. The van der Waals surface area contributed by atoms with Crippen molar-refractivity contribution in [1.29, 1.82) is 0 Å². The molecule has 3 atom stereocenters. The maximum absolute atomic E-state index is 13.0. The van der Waals surface area contributed by atoms with Gasteiger partial charge in [0.05, 0.1) is 30.7 Å². The number of ether oxygens (including phenoxy) is 1. The lowest BCUT2D eigenvalue weighted by molar-refractivity contribution is -0.133. The molecular formula is C18H23N3O3. The number of furan rings is 1. The second-order valence-electron chi connectivity index (χ2n) is 6.79.